The van der Waals surface area contributed by atoms with Gasteiger partial charge in [-0.1, -0.05) is 6.07 Å². The third-order valence-electron chi connectivity index (χ3n) is 2.85. The minimum Gasteiger partial charge on any atom is -0.381 e. The highest BCUT2D eigenvalue weighted by Gasteiger charge is 2.03. The Morgan fingerprint density at radius 1 is 1.20 bits per heavy atom. The van der Waals surface area contributed by atoms with Crippen molar-refractivity contribution >= 4 is 27.5 Å². The molecule has 0 unspecified atom stereocenters. The van der Waals surface area contributed by atoms with E-state index in [0.29, 0.717) is 16.6 Å². The van der Waals surface area contributed by atoms with Gasteiger partial charge in [0.2, 0.25) is 0 Å². The third kappa shape index (κ3) is 3.57. The smallest absolute Gasteiger partial charge is 0.251 e. The Balaban J connectivity index is 2.00. The van der Waals surface area contributed by atoms with Crippen LogP contribution in [0.5, 0.6) is 0 Å². The Hall–Kier alpha value is -1.88. The van der Waals surface area contributed by atoms with Gasteiger partial charge in [0.05, 0.1) is 4.47 Å². The van der Waals surface area contributed by atoms with Crippen molar-refractivity contribution in [3.05, 3.63) is 63.9 Å². The highest BCUT2D eigenvalue weighted by atomic mass is 79.9. The van der Waals surface area contributed by atoms with E-state index >= 15 is 0 Å². The summed E-state index contributed by atoms with van der Waals surface area (Å²) in [6.45, 7) is 0.582. The molecule has 0 aromatic heterocycles. The summed E-state index contributed by atoms with van der Waals surface area (Å²) in [5.41, 5.74) is 2.48. The van der Waals surface area contributed by atoms with Crippen LogP contribution < -0.4 is 10.6 Å². The van der Waals surface area contributed by atoms with Gasteiger partial charge in [-0.25, -0.2) is 4.39 Å². The maximum atomic E-state index is 13.1. The molecule has 104 valence electrons. The van der Waals surface area contributed by atoms with Crippen molar-refractivity contribution < 1.29 is 9.18 Å². The molecular weight excluding hydrogens is 323 g/mol. The van der Waals surface area contributed by atoms with E-state index in [1.165, 1.54) is 6.07 Å². The first kappa shape index (κ1) is 14.5. The summed E-state index contributed by atoms with van der Waals surface area (Å²) in [6.07, 6.45) is 0. The second-order valence-corrected chi connectivity index (χ2v) is 5.11. The van der Waals surface area contributed by atoms with E-state index in [0.717, 1.165) is 11.3 Å². The van der Waals surface area contributed by atoms with Gasteiger partial charge in [-0.15, -0.1) is 0 Å². The summed E-state index contributed by atoms with van der Waals surface area (Å²) in [5.74, 6) is -0.386. The van der Waals surface area contributed by atoms with E-state index in [1.807, 2.05) is 12.1 Å². The van der Waals surface area contributed by atoms with Gasteiger partial charge in [0, 0.05) is 24.8 Å². The molecule has 0 fully saturated rings. The number of anilines is 1. The molecule has 0 saturated carbocycles. The fourth-order valence-electron chi connectivity index (χ4n) is 1.74. The molecule has 0 aliphatic carbocycles. The Morgan fingerprint density at radius 2 is 1.90 bits per heavy atom. The predicted molar refractivity (Wildman–Crippen MR) is 81.3 cm³/mol. The van der Waals surface area contributed by atoms with Gasteiger partial charge in [-0.3, -0.25) is 4.79 Å². The number of halogens is 2. The number of amides is 1. The first-order chi connectivity index (χ1) is 9.60. The average molecular weight is 337 g/mol. The minimum atomic E-state index is -0.274. The van der Waals surface area contributed by atoms with E-state index in [1.54, 1.807) is 31.3 Å². The fourth-order valence-corrected chi connectivity index (χ4v) is 2.16. The largest absolute Gasteiger partial charge is 0.381 e. The van der Waals surface area contributed by atoms with Crippen molar-refractivity contribution in [2.45, 2.75) is 6.54 Å². The summed E-state index contributed by atoms with van der Waals surface area (Å²) < 4.78 is 13.6. The van der Waals surface area contributed by atoms with Gasteiger partial charge in [0.1, 0.15) is 5.82 Å². The quantitative estimate of drug-likeness (QED) is 0.896. The minimum absolute atomic E-state index is 0.112. The highest BCUT2D eigenvalue weighted by molar-refractivity contribution is 9.10. The Labute approximate surface area is 125 Å². The lowest BCUT2D eigenvalue weighted by atomic mass is 10.2. The molecule has 0 aliphatic heterocycles. The summed E-state index contributed by atoms with van der Waals surface area (Å²) >= 11 is 3.16. The number of hydrogen-bond donors (Lipinski definition) is 2. The maximum Gasteiger partial charge on any atom is 0.251 e. The van der Waals surface area contributed by atoms with E-state index in [2.05, 4.69) is 26.6 Å². The number of hydrogen-bond acceptors (Lipinski definition) is 2. The van der Waals surface area contributed by atoms with E-state index in [9.17, 15) is 9.18 Å². The second-order valence-electron chi connectivity index (χ2n) is 4.26. The average Bonchev–Trinajstić information content (AvgIpc) is 2.48. The number of carbonyl (C=O) groups is 1. The van der Waals surface area contributed by atoms with Crippen LogP contribution in [0.25, 0.3) is 0 Å². The van der Waals surface area contributed by atoms with Crippen molar-refractivity contribution in [1.29, 1.82) is 0 Å². The lowest BCUT2D eigenvalue weighted by Crippen LogP contribution is -2.17. The molecule has 2 rings (SSSR count). The van der Waals surface area contributed by atoms with Crippen molar-refractivity contribution in [3.8, 4) is 0 Å². The molecule has 2 aromatic rings. The number of rotatable bonds is 4. The molecule has 0 atom stereocenters. The normalized spacial score (nSPS) is 10.2. The van der Waals surface area contributed by atoms with Crippen molar-refractivity contribution in [2.24, 2.45) is 0 Å². The highest BCUT2D eigenvalue weighted by Crippen LogP contribution is 2.18. The monoisotopic (exact) mass is 336 g/mol. The summed E-state index contributed by atoms with van der Waals surface area (Å²) in [4.78, 5) is 11.4. The Bertz CT molecular complexity index is 614. The van der Waals surface area contributed by atoms with Crippen LogP contribution >= 0.6 is 15.9 Å². The number of benzene rings is 2. The zero-order valence-electron chi connectivity index (χ0n) is 10.9. The molecule has 5 heteroatoms. The van der Waals surface area contributed by atoms with Crippen LogP contribution in [0, 0.1) is 5.82 Å². The van der Waals surface area contributed by atoms with E-state index in [4.69, 9.17) is 0 Å². The van der Waals surface area contributed by atoms with Crippen LogP contribution in [0.15, 0.2) is 46.9 Å². The van der Waals surface area contributed by atoms with Crippen LogP contribution in [-0.2, 0) is 6.54 Å². The van der Waals surface area contributed by atoms with Gasteiger partial charge < -0.3 is 10.6 Å². The predicted octanol–water partition coefficient (Wildman–Crippen LogP) is 3.56. The summed E-state index contributed by atoms with van der Waals surface area (Å²) in [6, 6.07) is 12.1. The zero-order valence-corrected chi connectivity index (χ0v) is 12.5. The van der Waals surface area contributed by atoms with Gasteiger partial charge in [0.15, 0.2) is 0 Å². The van der Waals surface area contributed by atoms with Crippen molar-refractivity contribution in [3.63, 3.8) is 0 Å². The third-order valence-corrected chi connectivity index (χ3v) is 3.46. The number of carbonyl (C=O) groups excluding carboxylic acids is 1. The van der Waals surface area contributed by atoms with Crippen LogP contribution in [0.1, 0.15) is 15.9 Å². The number of nitrogens with one attached hydrogen (secondary N) is 2. The van der Waals surface area contributed by atoms with Crippen LogP contribution in [0.3, 0.4) is 0 Å². The molecule has 1 amide bonds. The van der Waals surface area contributed by atoms with E-state index < -0.39 is 0 Å². The molecule has 0 radical (unpaired) electrons. The molecule has 2 aromatic carbocycles. The molecule has 0 spiro atoms. The first-order valence-electron chi connectivity index (χ1n) is 6.10. The standard InChI is InChI=1S/C15H14BrFN2O/c1-18-15(20)11-3-5-12(6-4-11)19-9-10-2-7-14(17)13(16)8-10/h2-8,19H,9H2,1H3,(H,18,20). The molecule has 2 N–H and O–H groups in total. The van der Waals surface area contributed by atoms with Gasteiger partial charge in [-0.2, -0.15) is 0 Å². The zero-order chi connectivity index (χ0) is 14.5. The molecular formula is C15H14BrFN2O. The lowest BCUT2D eigenvalue weighted by Gasteiger charge is -2.08. The van der Waals surface area contributed by atoms with Gasteiger partial charge in [0.25, 0.3) is 5.91 Å². The van der Waals surface area contributed by atoms with Crippen LogP contribution in [0.4, 0.5) is 10.1 Å². The Morgan fingerprint density at radius 3 is 2.50 bits per heavy atom. The molecule has 0 aliphatic rings. The van der Waals surface area contributed by atoms with Crippen molar-refractivity contribution in [2.75, 3.05) is 12.4 Å². The molecule has 0 saturated heterocycles. The maximum absolute atomic E-state index is 13.1. The van der Waals surface area contributed by atoms with Crippen LogP contribution in [0.2, 0.25) is 0 Å². The van der Waals surface area contributed by atoms with Gasteiger partial charge in [-0.05, 0) is 57.9 Å². The summed E-state index contributed by atoms with van der Waals surface area (Å²) in [5, 5.41) is 5.79. The summed E-state index contributed by atoms with van der Waals surface area (Å²) in [7, 11) is 1.60. The SMILES string of the molecule is CNC(=O)c1ccc(NCc2ccc(F)c(Br)c2)cc1. The molecule has 3 nitrogen and oxygen atoms in total. The molecule has 20 heavy (non-hydrogen) atoms. The fraction of sp³-hybridized carbons (Fsp3) is 0.133. The van der Waals surface area contributed by atoms with Crippen LogP contribution in [-0.4, -0.2) is 13.0 Å². The molecule has 0 heterocycles. The van der Waals surface area contributed by atoms with E-state index in [-0.39, 0.29) is 11.7 Å². The Kier molecular flexibility index (Phi) is 4.74. The molecule has 0 bridgehead atoms. The van der Waals surface area contributed by atoms with Gasteiger partial charge >= 0.3 is 0 Å². The lowest BCUT2D eigenvalue weighted by molar-refractivity contribution is 0.0963. The van der Waals surface area contributed by atoms with Crippen molar-refractivity contribution in [1.82, 2.24) is 5.32 Å². The first-order valence-corrected chi connectivity index (χ1v) is 6.89. The second kappa shape index (κ2) is 6.52. The topological polar surface area (TPSA) is 41.1 Å².